The maximum absolute atomic E-state index is 11.8. The van der Waals surface area contributed by atoms with Gasteiger partial charge in [-0.3, -0.25) is 4.79 Å². The Labute approximate surface area is 103 Å². The van der Waals surface area contributed by atoms with Crippen LogP contribution in [-0.2, 0) is 18.4 Å². The van der Waals surface area contributed by atoms with E-state index in [2.05, 4.69) is 10.6 Å². The Hall–Kier alpha value is -1.29. The van der Waals surface area contributed by atoms with Gasteiger partial charge in [-0.2, -0.15) is 0 Å². The van der Waals surface area contributed by atoms with Crippen molar-refractivity contribution < 1.29 is 4.79 Å². The largest absolute Gasteiger partial charge is 0.357 e. The highest BCUT2D eigenvalue weighted by Gasteiger charge is 2.18. The highest BCUT2D eigenvalue weighted by atomic mass is 16.2. The van der Waals surface area contributed by atoms with Gasteiger partial charge in [0.15, 0.2) is 0 Å². The first kappa shape index (κ1) is 13.8. The van der Waals surface area contributed by atoms with Crippen LogP contribution in [0.5, 0.6) is 0 Å². The Kier molecular flexibility index (Phi) is 4.34. The molecule has 96 valence electrons. The zero-order valence-corrected chi connectivity index (χ0v) is 11.4. The average molecular weight is 237 g/mol. The fourth-order valence-electron chi connectivity index (χ4n) is 1.51. The van der Waals surface area contributed by atoms with Crippen molar-refractivity contribution in [1.29, 1.82) is 0 Å². The monoisotopic (exact) mass is 237 g/mol. The molecule has 0 aliphatic carbocycles. The summed E-state index contributed by atoms with van der Waals surface area (Å²) in [6, 6.07) is 1.86. The van der Waals surface area contributed by atoms with E-state index >= 15 is 0 Å². The fraction of sp³-hybridized carbons (Fsp3) is 0.615. The molecule has 4 nitrogen and oxygen atoms in total. The van der Waals surface area contributed by atoms with E-state index in [0.717, 1.165) is 0 Å². The smallest absolute Gasteiger partial charge is 0.237 e. The first-order valence-corrected chi connectivity index (χ1v) is 5.94. The Balaban J connectivity index is 2.39. The molecular weight excluding hydrogens is 214 g/mol. The van der Waals surface area contributed by atoms with E-state index < -0.39 is 0 Å². The second-order valence-electron chi connectivity index (χ2n) is 5.53. The van der Waals surface area contributed by atoms with E-state index in [4.69, 9.17) is 0 Å². The summed E-state index contributed by atoms with van der Waals surface area (Å²) in [5.41, 5.74) is 1.00. The molecular formula is C13H23N3O. The molecule has 0 bridgehead atoms. The summed E-state index contributed by atoms with van der Waals surface area (Å²) < 4.78 is 2.00. The molecule has 0 saturated carbocycles. The summed E-state index contributed by atoms with van der Waals surface area (Å²) >= 11 is 0. The number of amides is 1. The van der Waals surface area contributed by atoms with Crippen molar-refractivity contribution in [3.8, 4) is 0 Å². The van der Waals surface area contributed by atoms with Crippen molar-refractivity contribution >= 4 is 5.91 Å². The lowest BCUT2D eigenvalue weighted by Gasteiger charge is -2.23. The Morgan fingerprint density at radius 1 is 1.47 bits per heavy atom. The highest BCUT2D eigenvalue weighted by Crippen LogP contribution is 2.01. The first-order chi connectivity index (χ1) is 7.78. The third kappa shape index (κ3) is 5.04. The summed E-state index contributed by atoms with van der Waals surface area (Å²) in [6.07, 6.45) is 4.04. The van der Waals surface area contributed by atoms with Gasteiger partial charge < -0.3 is 15.2 Å². The van der Waals surface area contributed by atoms with Crippen molar-refractivity contribution in [1.82, 2.24) is 15.2 Å². The molecule has 0 spiro atoms. The minimum Gasteiger partial charge on any atom is -0.357 e. The van der Waals surface area contributed by atoms with Gasteiger partial charge in [-0.25, -0.2) is 0 Å². The van der Waals surface area contributed by atoms with Gasteiger partial charge in [-0.05, 0) is 39.3 Å². The van der Waals surface area contributed by atoms with Gasteiger partial charge in [-0.15, -0.1) is 0 Å². The maximum Gasteiger partial charge on any atom is 0.237 e. The molecule has 0 radical (unpaired) electrons. The molecule has 1 rings (SSSR count). The number of aromatic nitrogens is 1. The highest BCUT2D eigenvalue weighted by molar-refractivity contribution is 5.81. The molecule has 1 amide bonds. The van der Waals surface area contributed by atoms with Crippen LogP contribution in [0, 0.1) is 0 Å². The summed E-state index contributed by atoms with van der Waals surface area (Å²) in [5, 5.41) is 6.16. The predicted molar refractivity (Wildman–Crippen MR) is 69.6 cm³/mol. The third-order valence-corrected chi connectivity index (χ3v) is 2.40. The number of aryl methyl sites for hydroxylation is 1. The topological polar surface area (TPSA) is 46.1 Å². The summed E-state index contributed by atoms with van der Waals surface area (Å²) in [4.78, 5) is 11.8. The predicted octanol–water partition coefficient (Wildman–Crippen LogP) is 1.42. The molecule has 2 N–H and O–H groups in total. The Bertz CT molecular complexity index is 376. The van der Waals surface area contributed by atoms with Gasteiger partial charge in [0, 0.05) is 31.5 Å². The zero-order valence-electron chi connectivity index (χ0n) is 11.4. The number of hydrogen-bond acceptors (Lipinski definition) is 2. The lowest BCUT2D eigenvalue weighted by Crippen LogP contribution is -2.49. The average Bonchev–Trinajstić information content (AvgIpc) is 2.58. The van der Waals surface area contributed by atoms with Crippen molar-refractivity contribution in [2.24, 2.45) is 7.05 Å². The first-order valence-electron chi connectivity index (χ1n) is 5.94. The van der Waals surface area contributed by atoms with Gasteiger partial charge >= 0.3 is 0 Å². The Morgan fingerprint density at radius 3 is 2.59 bits per heavy atom. The van der Waals surface area contributed by atoms with Crippen LogP contribution in [0.4, 0.5) is 0 Å². The number of nitrogens with one attached hydrogen (secondary N) is 2. The molecule has 0 saturated heterocycles. The minimum absolute atomic E-state index is 0.0356. The van der Waals surface area contributed by atoms with Gasteiger partial charge in [-0.1, -0.05) is 0 Å². The van der Waals surface area contributed by atoms with Crippen LogP contribution in [0.25, 0.3) is 0 Å². The van der Waals surface area contributed by atoms with Crippen molar-refractivity contribution in [2.45, 2.75) is 45.8 Å². The lowest BCUT2D eigenvalue weighted by atomic mass is 10.1. The number of carbonyl (C=O) groups excluding carboxylic acids is 1. The number of nitrogens with zero attached hydrogens (tertiary/aromatic N) is 1. The van der Waals surface area contributed by atoms with Crippen molar-refractivity contribution in [3.05, 3.63) is 24.0 Å². The van der Waals surface area contributed by atoms with Crippen molar-refractivity contribution in [3.63, 3.8) is 0 Å². The van der Waals surface area contributed by atoms with Crippen LogP contribution >= 0.6 is 0 Å². The SMILES string of the molecule is CC(NCc1ccn(C)c1)C(=O)NC(C)(C)C. The second-order valence-corrected chi connectivity index (χ2v) is 5.53. The molecule has 0 fully saturated rings. The molecule has 0 aliphatic rings. The molecule has 1 aromatic heterocycles. The van der Waals surface area contributed by atoms with Crippen LogP contribution in [-0.4, -0.2) is 22.1 Å². The van der Waals surface area contributed by atoms with E-state index in [1.165, 1.54) is 5.56 Å². The van der Waals surface area contributed by atoms with Crippen LogP contribution in [0.3, 0.4) is 0 Å². The molecule has 1 atom stereocenters. The van der Waals surface area contributed by atoms with E-state index in [0.29, 0.717) is 6.54 Å². The molecule has 17 heavy (non-hydrogen) atoms. The fourth-order valence-corrected chi connectivity index (χ4v) is 1.51. The van der Waals surface area contributed by atoms with Crippen LogP contribution in [0.2, 0.25) is 0 Å². The lowest BCUT2D eigenvalue weighted by molar-refractivity contribution is -0.124. The van der Waals surface area contributed by atoms with Crippen LogP contribution in [0.1, 0.15) is 33.3 Å². The number of rotatable bonds is 4. The summed E-state index contributed by atoms with van der Waals surface area (Å²) in [7, 11) is 1.99. The van der Waals surface area contributed by atoms with E-state index in [1.807, 2.05) is 57.8 Å². The van der Waals surface area contributed by atoms with E-state index in [1.54, 1.807) is 0 Å². The summed E-state index contributed by atoms with van der Waals surface area (Å²) in [5.74, 6) is 0.0356. The number of carbonyl (C=O) groups is 1. The van der Waals surface area contributed by atoms with Gasteiger partial charge in [0.2, 0.25) is 5.91 Å². The van der Waals surface area contributed by atoms with Crippen LogP contribution in [0.15, 0.2) is 18.5 Å². The van der Waals surface area contributed by atoms with E-state index in [-0.39, 0.29) is 17.5 Å². The molecule has 1 unspecified atom stereocenters. The molecule has 1 aromatic rings. The molecule has 1 heterocycles. The van der Waals surface area contributed by atoms with Gasteiger partial charge in [0.25, 0.3) is 0 Å². The van der Waals surface area contributed by atoms with Gasteiger partial charge in [0.1, 0.15) is 0 Å². The summed E-state index contributed by atoms with van der Waals surface area (Å²) in [6.45, 7) is 8.53. The second kappa shape index (κ2) is 5.36. The van der Waals surface area contributed by atoms with Crippen LogP contribution < -0.4 is 10.6 Å². The van der Waals surface area contributed by atoms with E-state index in [9.17, 15) is 4.79 Å². The zero-order chi connectivity index (χ0) is 13.1. The quantitative estimate of drug-likeness (QED) is 0.832. The Morgan fingerprint density at radius 2 is 2.12 bits per heavy atom. The standard InChI is InChI=1S/C13H23N3O/c1-10(12(17)15-13(2,3)4)14-8-11-6-7-16(5)9-11/h6-7,9-10,14H,8H2,1-5H3,(H,15,17). The molecule has 0 aliphatic heterocycles. The van der Waals surface area contributed by atoms with Gasteiger partial charge in [0.05, 0.1) is 6.04 Å². The normalized spacial score (nSPS) is 13.5. The van der Waals surface area contributed by atoms with Crippen molar-refractivity contribution in [2.75, 3.05) is 0 Å². The maximum atomic E-state index is 11.8. The third-order valence-electron chi connectivity index (χ3n) is 2.40. The number of hydrogen-bond donors (Lipinski definition) is 2. The molecule has 0 aromatic carbocycles. The molecule has 4 heteroatoms. The minimum atomic E-state index is -0.186.